The van der Waals surface area contributed by atoms with E-state index in [4.69, 9.17) is 9.47 Å². The minimum absolute atomic E-state index is 0.0177. The summed E-state index contributed by atoms with van der Waals surface area (Å²) in [5.74, 6) is 0.470. The molecule has 0 unspecified atom stereocenters. The molecule has 0 radical (unpaired) electrons. The van der Waals surface area contributed by atoms with Gasteiger partial charge in [-0.25, -0.2) is 8.78 Å². The molecule has 7 heteroatoms. The van der Waals surface area contributed by atoms with E-state index >= 15 is 0 Å². The van der Waals surface area contributed by atoms with Crippen LogP contribution in [0.4, 0.5) is 8.78 Å². The fourth-order valence-corrected chi connectivity index (χ4v) is 4.21. The fourth-order valence-electron chi connectivity index (χ4n) is 4.21. The number of rotatable bonds is 6. The number of hydrogen-bond donors (Lipinski definition) is 1. The Hall–Kier alpha value is -2.93. The number of halogens is 2. The fraction of sp³-hybridized carbons (Fsp3) is 0.348. The van der Waals surface area contributed by atoms with Crippen molar-refractivity contribution in [3.05, 3.63) is 65.5 Å². The zero-order valence-corrected chi connectivity index (χ0v) is 17.1. The number of benzene rings is 2. The number of nitrogens with zero attached hydrogens (tertiary/aromatic N) is 2. The average molecular weight is 413 g/mol. The van der Waals surface area contributed by atoms with Crippen LogP contribution >= 0.6 is 0 Å². The van der Waals surface area contributed by atoms with Gasteiger partial charge in [-0.05, 0) is 49.2 Å². The van der Waals surface area contributed by atoms with E-state index in [1.54, 1.807) is 14.2 Å². The van der Waals surface area contributed by atoms with Gasteiger partial charge in [-0.2, -0.15) is 5.10 Å². The largest absolute Gasteiger partial charge is 0.497 e. The maximum Gasteiger partial charge on any atom is 0.134 e. The zero-order chi connectivity index (χ0) is 21.1. The van der Waals surface area contributed by atoms with Gasteiger partial charge >= 0.3 is 0 Å². The van der Waals surface area contributed by atoms with Crippen LogP contribution in [0.3, 0.4) is 0 Å². The third-order valence-corrected chi connectivity index (χ3v) is 5.63. The Morgan fingerprint density at radius 1 is 1.10 bits per heavy atom. The van der Waals surface area contributed by atoms with E-state index in [1.165, 1.54) is 24.4 Å². The van der Waals surface area contributed by atoms with Gasteiger partial charge in [0, 0.05) is 36.3 Å². The Bertz CT molecular complexity index is 979. The van der Waals surface area contributed by atoms with Gasteiger partial charge in [-0.15, -0.1) is 0 Å². The van der Waals surface area contributed by atoms with Gasteiger partial charge < -0.3 is 9.47 Å². The van der Waals surface area contributed by atoms with E-state index in [0.717, 1.165) is 55.2 Å². The summed E-state index contributed by atoms with van der Waals surface area (Å²) < 4.78 is 39.4. The summed E-state index contributed by atoms with van der Waals surface area (Å²) in [4.78, 5) is 2.34. The highest BCUT2D eigenvalue weighted by atomic mass is 19.1. The Morgan fingerprint density at radius 2 is 1.80 bits per heavy atom. The van der Waals surface area contributed by atoms with Crippen LogP contribution in [0.2, 0.25) is 0 Å². The van der Waals surface area contributed by atoms with Crippen LogP contribution in [0, 0.1) is 11.6 Å². The quantitative estimate of drug-likeness (QED) is 0.634. The number of aromatic nitrogens is 2. The van der Waals surface area contributed by atoms with E-state index in [1.807, 2.05) is 18.2 Å². The highest BCUT2D eigenvalue weighted by molar-refractivity contribution is 5.67. The predicted octanol–water partition coefficient (Wildman–Crippen LogP) is 4.75. The normalized spacial score (nSPS) is 17.1. The first-order chi connectivity index (χ1) is 14.6. The molecule has 0 bridgehead atoms. The second-order valence-corrected chi connectivity index (χ2v) is 7.59. The van der Waals surface area contributed by atoms with Gasteiger partial charge in [0.25, 0.3) is 0 Å². The van der Waals surface area contributed by atoms with Gasteiger partial charge in [0.05, 0.1) is 26.0 Å². The molecule has 158 valence electrons. The van der Waals surface area contributed by atoms with Crippen molar-refractivity contribution in [3.8, 4) is 22.6 Å². The average Bonchev–Trinajstić information content (AvgIpc) is 3.23. The lowest BCUT2D eigenvalue weighted by atomic mass is 9.90. The second kappa shape index (κ2) is 8.83. The smallest absolute Gasteiger partial charge is 0.134 e. The summed E-state index contributed by atoms with van der Waals surface area (Å²) in [5.41, 5.74) is 2.36. The Labute approximate surface area is 174 Å². The van der Waals surface area contributed by atoms with Gasteiger partial charge in [0.15, 0.2) is 0 Å². The molecule has 0 amide bonds. The molecule has 1 atom stereocenters. The molecule has 1 aliphatic heterocycles. The molecule has 30 heavy (non-hydrogen) atoms. The minimum atomic E-state index is -0.575. The van der Waals surface area contributed by atoms with Crippen LogP contribution in [-0.4, -0.2) is 42.4 Å². The van der Waals surface area contributed by atoms with Crippen molar-refractivity contribution >= 4 is 0 Å². The van der Waals surface area contributed by atoms with Crippen molar-refractivity contribution in [2.45, 2.75) is 25.3 Å². The first kappa shape index (κ1) is 20.3. The molecule has 0 aliphatic carbocycles. The van der Waals surface area contributed by atoms with E-state index in [9.17, 15) is 8.78 Å². The standard InChI is InChI=1S/C23H25F2N3O2/c1-29-17-9-15(10-18(11-17)30-2)13-28-8-4-5-16(14-28)23-19(12-26-27-23)22-20(24)6-3-7-21(22)25/h3,6-7,9-12,16H,4-5,8,13-14H2,1-2H3,(H,26,27)/t16-/m1/s1. The summed E-state index contributed by atoms with van der Waals surface area (Å²) in [6, 6.07) is 9.78. The van der Waals surface area contributed by atoms with E-state index in [2.05, 4.69) is 15.1 Å². The first-order valence-electron chi connectivity index (χ1n) is 10.0. The summed E-state index contributed by atoms with van der Waals surface area (Å²) >= 11 is 0. The van der Waals surface area contributed by atoms with Crippen molar-refractivity contribution in [1.82, 2.24) is 15.1 Å². The van der Waals surface area contributed by atoms with Crippen molar-refractivity contribution < 1.29 is 18.3 Å². The van der Waals surface area contributed by atoms with Crippen LogP contribution in [0.5, 0.6) is 11.5 Å². The predicted molar refractivity (Wildman–Crippen MR) is 111 cm³/mol. The van der Waals surface area contributed by atoms with Crippen molar-refractivity contribution in [2.75, 3.05) is 27.3 Å². The topological polar surface area (TPSA) is 50.4 Å². The SMILES string of the molecule is COc1cc(CN2CCC[C@@H](c3[nH]ncc3-c3c(F)cccc3F)C2)cc(OC)c1. The van der Waals surface area contributed by atoms with Crippen molar-refractivity contribution in [3.63, 3.8) is 0 Å². The highest BCUT2D eigenvalue weighted by Gasteiger charge is 2.27. The summed E-state index contributed by atoms with van der Waals surface area (Å²) in [6.45, 7) is 2.46. The maximum absolute atomic E-state index is 14.4. The molecule has 0 saturated carbocycles. The summed E-state index contributed by atoms with van der Waals surface area (Å²) in [5, 5.41) is 7.10. The molecule has 1 saturated heterocycles. The molecule has 0 spiro atoms. The number of ether oxygens (including phenoxy) is 2. The van der Waals surface area contributed by atoms with Crippen LogP contribution in [0.25, 0.3) is 11.1 Å². The number of piperidine rings is 1. The van der Waals surface area contributed by atoms with E-state index in [0.29, 0.717) is 5.56 Å². The van der Waals surface area contributed by atoms with Gasteiger partial charge in [-0.1, -0.05) is 6.07 Å². The van der Waals surface area contributed by atoms with Crippen molar-refractivity contribution in [1.29, 1.82) is 0 Å². The molecule has 4 rings (SSSR count). The van der Waals surface area contributed by atoms with Crippen molar-refractivity contribution in [2.24, 2.45) is 0 Å². The molecule has 5 nitrogen and oxygen atoms in total. The lowest BCUT2D eigenvalue weighted by Gasteiger charge is -2.33. The third kappa shape index (κ3) is 4.16. The zero-order valence-electron chi connectivity index (χ0n) is 17.1. The molecule has 1 aliphatic rings. The Morgan fingerprint density at radius 3 is 2.47 bits per heavy atom. The highest BCUT2D eigenvalue weighted by Crippen LogP contribution is 2.36. The third-order valence-electron chi connectivity index (χ3n) is 5.63. The van der Waals surface area contributed by atoms with Crippen LogP contribution in [0.15, 0.2) is 42.6 Å². The van der Waals surface area contributed by atoms with Gasteiger partial charge in [-0.3, -0.25) is 10.00 Å². The minimum Gasteiger partial charge on any atom is -0.497 e. The van der Waals surface area contributed by atoms with Gasteiger partial charge in [0.2, 0.25) is 0 Å². The number of aromatic amines is 1. The molecule has 1 N–H and O–H groups in total. The molecular formula is C23H25F2N3O2. The number of hydrogen-bond acceptors (Lipinski definition) is 4. The van der Waals surface area contributed by atoms with Crippen LogP contribution in [-0.2, 0) is 6.54 Å². The number of nitrogens with one attached hydrogen (secondary N) is 1. The number of H-pyrrole nitrogens is 1. The first-order valence-corrected chi connectivity index (χ1v) is 10.0. The maximum atomic E-state index is 14.4. The van der Waals surface area contributed by atoms with Gasteiger partial charge in [0.1, 0.15) is 23.1 Å². The summed E-state index contributed by atoms with van der Waals surface area (Å²) in [6.07, 6.45) is 3.44. The molecule has 2 heterocycles. The van der Waals surface area contributed by atoms with Crippen LogP contribution < -0.4 is 9.47 Å². The summed E-state index contributed by atoms with van der Waals surface area (Å²) in [7, 11) is 3.27. The molecule has 1 aromatic heterocycles. The van der Waals surface area contributed by atoms with E-state index < -0.39 is 11.6 Å². The second-order valence-electron chi connectivity index (χ2n) is 7.59. The Kier molecular flexibility index (Phi) is 5.99. The monoisotopic (exact) mass is 413 g/mol. The lowest BCUT2D eigenvalue weighted by Crippen LogP contribution is -2.34. The molecule has 2 aromatic carbocycles. The van der Waals surface area contributed by atoms with Crippen LogP contribution in [0.1, 0.15) is 30.0 Å². The molecule has 1 fully saturated rings. The Balaban J connectivity index is 1.56. The molecule has 3 aromatic rings. The lowest BCUT2D eigenvalue weighted by molar-refractivity contribution is 0.198. The molecular weight excluding hydrogens is 388 g/mol. The van der Waals surface area contributed by atoms with E-state index in [-0.39, 0.29) is 11.5 Å². The number of methoxy groups -OCH3 is 2. The number of likely N-dealkylation sites (tertiary alicyclic amines) is 1.